The van der Waals surface area contributed by atoms with Crippen LogP contribution in [0.4, 0.5) is 17.3 Å². The quantitative estimate of drug-likeness (QED) is 0.165. The van der Waals surface area contributed by atoms with Gasteiger partial charge in [0, 0.05) is 55.2 Å². The number of nitriles is 2. The van der Waals surface area contributed by atoms with Gasteiger partial charge >= 0.3 is 0 Å². The second-order valence-corrected chi connectivity index (χ2v) is 16.6. The number of piperazine rings is 1. The Kier molecular flexibility index (Phi) is 10.7. The molecule has 5 aromatic rings. The van der Waals surface area contributed by atoms with E-state index in [4.69, 9.17) is 10.7 Å². The number of carbonyl (C=O) groups excluding carboxylic acids is 2. The van der Waals surface area contributed by atoms with E-state index in [0.29, 0.717) is 65.0 Å². The number of hydrogen-bond donors (Lipinski definition) is 3. The van der Waals surface area contributed by atoms with Crippen molar-refractivity contribution in [3.05, 3.63) is 65.9 Å². The van der Waals surface area contributed by atoms with Crippen molar-refractivity contribution in [2.45, 2.75) is 102 Å². The second kappa shape index (κ2) is 16.1. The molecule has 2 amide bonds. The van der Waals surface area contributed by atoms with Gasteiger partial charge in [-0.3, -0.25) is 19.8 Å². The van der Waals surface area contributed by atoms with Gasteiger partial charge in [0.1, 0.15) is 29.4 Å². The number of nitrogen functional groups attached to an aromatic ring is 1. The number of aromatic nitrogens is 8. The van der Waals surface area contributed by atoms with E-state index in [1.807, 2.05) is 31.3 Å². The summed E-state index contributed by atoms with van der Waals surface area (Å²) < 4.78 is 3.27. The summed E-state index contributed by atoms with van der Waals surface area (Å²) in [6.45, 7) is 11.1. The molecule has 1 aliphatic carbocycles. The summed E-state index contributed by atoms with van der Waals surface area (Å²) in [4.78, 5) is 43.2. The van der Waals surface area contributed by atoms with Crippen LogP contribution in [0.3, 0.4) is 0 Å². The van der Waals surface area contributed by atoms with Gasteiger partial charge in [-0.15, -0.1) is 5.10 Å². The van der Waals surface area contributed by atoms with Crippen LogP contribution in [0.5, 0.6) is 0 Å². The van der Waals surface area contributed by atoms with Crippen molar-refractivity contribution in [2.75, 3.05) is 35.6 Å². The number of rotatable bonds is 10. The molecule has 3 fully saturated rings. The maximum atomic E-state index is 12.7. The first-order chi connectivity index (χ1) is 28.4. The predicted octanol–water partition coefficient (Wildman–Crippen LogP) is 4.53. The van der Waals surface area contributed by atoms with Crippen molar-refractivity contribution < 1.29 is 9.59 Å². The zero-order chi connectivity index (χ0) is 41.4. The molecule has 0 bridgehead atoms. The molecule has 5 aromatic heterocycles. The van der Waals surface area contributed by atoms with Gasteiger partial charge in [0.15, 0.2) is 11.5 Å². The van der Waals surface area contributed by atoms with E-state index in [0.717, 1.165) is 68.8 Å². The SMILES string of the molecule is C[C@H](C#N)Nc1cc(-n2ncc3cc(C#N)c(N)nc32)ncc1-n1cc(C2CCC(CCN3[C@H](C)CN(c4ccc([C@@]5(C)CCC(=O)NC5=O)cn4)C[C@H]3C)CC2)nn1. The van der Waals surface area contributed by atoms with Crippen molar-refractivity contribution in [1.82, 2.24) is 49.9 Å². The first-order valence-electron chi connectivity index (χ1n) is 20.4. The molecule has 2 saturated heterocycles. The molecule has 17 nitrogen and oxygen atoms in total. The lowest BCUT2D eigenvalue weighted by atomic mass is 9.76. The molecule has 4 N–H and O–H groups in total. The minimum absolute atomic E-state index is 0.111. The number of amides is 2. The molecule has 0 unspecified atom stereocenters. The Balaban J connectivity index is 0.869. The number of carbonyl (C=O) groups is 2. The highest BCUT2D eigenvalue weighted by Gasteiger charge is 2.40. The summed E-state index contributed by atoms with van der Waals surface area (Å²) in [7, 11) is 0. The van der Waals surface area contributed by atoms with Gasteiger partial charge in [-0.1, -0.05) is 11.3 Å². The molecule has 59 heavy (non-hydrogen) atoms. The van der Waals surface area contributed by atoms with Crippen LogP contribution in [0, 0.1) is 28.6 Å². The number of nitrogens with zero attached hydrogens (tertiary/aromatic N) is 12. The van der Waals surface area contributed by atoms with Crippen LogP contribution < -0.4 is 21.3 Å². The molecule has 2 aliphatic heterocycles. The number of pyridine rings is 3. The molecule has 0 spiro atoms. The smallest absolute Gasteiger partial charge is 0.236 e. The molecule has 7 heterocycles. The number of piperidine rings is 1. The molecule has 0 radical (unpaired) electrons. The Bertz CT molecular complexity index is 2440. The number of nitrogens with one attached hydrogen (secondary N) is 2. The van der Waals surface area contributed by atoms with Crippen molar-refractivity contribution in [1.29, 1.82) is 10.5 Å². The lowest BCUT2D eigenvalue weighted by Gasteiger charge is -2.45. The molecule has 1 saturated carbocycles. The molecule has 8 rings (SSSR count). The zero-order valence-corrected chi connectivity index (χ0v) is 33.8. The lowest BCUT2D eigenvalue weighted by Crippen LogP contribution is -2.57. The average molecular weight is 796 g/mol. The van der Waals surface area contributed by atoms with Crippen molar-refractivity contribution >= 4 is 40.2 Å². The number of fused-ring (bicyclic) bond motifs is 1. The number of anilines is 3. The third kappa shape index (κ3) is 7.78. The summed E-state index contributed by atoms with van der Waals surface area (Å²) >= 11 is 0. The van der Waals surface area contributed by atoms with E-state index in [2.05, 4.69) is 65.7 Å². The normalized spacial score (nSPS) is 24.3. The predicted molar refractivity (Wildman–Crippen MR) is 221 cm³/mol. The number of hydrogen-bond acceptors (Lipinski definition) is 14. The maximum Gasteiger partial charge on any atom is 0.236 e. The highest BCUT2D eigenvalue weighted by molar-refractivity contribution is 6.03. The van der Waals surface area contributed by atoms with Gasteiger partial charge < -0.3 is 16.0 Å². The van der Waals surface area contributed by atoms with Gasteiger partial charge in [0.05, 0.1) is 47.0 Å². The second-order valence-electron chi connectivity index (χ2n) is 16.6. The number of imide groups is 1. The van der Waals surface area contributed by atoms with Crippen molar-refractivity contribution in [2.24, 2.45) is 5.92 Å². The molecule has 3 aliphatic rings. The summed E-state index contributed by atoms with van der Waals surface area (Å²) in [5, 5.41) is 39.0. The average Bonchev–Trinajstić information content (AvgIpc) is 3.89. The summed E-state index contributed by atoms with van der Waals surface area (Å²) in [6.07, 6.45) is 13.4. The fraction of sp³-hybridized carbons (Fsp3) is 0.476. The Hall–Kier alpha value is -6.46. The Labute approximate surface area is 342 Å². The van der Waals surface area contributed by atoms with Crippen LogP contribution in [-0.2, 0) is 15.0 Å². The summed E-state index contributed by atoms with van der Waals surface area (Å²) in [5.74, 6) is 1.98. The zero-order valence-electron chi connectivity index (χ0n) is 33.8. The molecular formula is C42H49N15O2. The first-order valence-corrected chi connectivity index (χ1v) is 20.4. The van der Waals surface area contributed by atoms with Crippen LogP contribution in [-0.4, -0.2) is 94.2 Å². The minimum Gasteiger partial charge on any atom is -0.383 e. The van der Waals surface area contributed by atoms with E-state index in [1.165, 1.54) is 0 Å². The maximum absolute atomic E-state index is 12.7. The van der Waals surface area contributed by atoms with Crippen LogP contribution in [0.25, 0.3) is 22.5 Å². The first kappa shape index (κ1) is 39.4. The fourth-order valence-electron chi connectivity index (χ4n) is 8.97. The highest BCUT2D eigenvalue weighted by atomic mass is 16.2. The molecule has 17 heteroatoms. The van der Waals surface area contributed by atoms with Crippen molar-refractivity contribution in [3.63, 3.8) is 0 Å². The van der Waals surface area contributed by atoms with Crippen LogP contribution in [0.2, 0.25) is 0 Å². The van der Waals surface area contributed by atoms with Crippen LogP contribution in [0.1, 0.15) is 95.4 Å². The van der Waals surface area contributed by atoms with Gasteiger partial charge in [-0.25, -0.2) is 19.6 Å². The van der Waals surface area contributed by atoms with Crippen LogP contribution in [0.15, 0.2) is 49.1 Å². The summed E-state index contributed by atoms with van der Waals surface area (Å²) in [5.41, 5.74) is 9.07. The van der Waals surface area contributed by atoms with Crippen molar-refractivity contribution in [3.8, 4) is 23.6 Å². The molecular weight excluding hydrogens is 747 g/mol. The molecule has 304 valence electrons. The van der Waals surface area contributed by atoms with E-state index in [9.17, 15) is 20.1 Å². The lowest BCUT2D eigenvalue weighted by molar-refractivity contribution is -0.137. The van der Waals surface area contributed by atoms with E-state index in [-0.39, 0.29) is 23.2 Å². The van der Waals surface area contributed by atoms with Gasteiger partial charge in [-0.05, 0) is 96.4 Å². The van der Waals surface area contributed by atoms with Crippen LogP contribution >= 0.6 is 0 Å². The van der Waals surface area contributed by atoms with E-state index >= 15 is 0 Å². The van der Waals surface area contributed by atoms with E-state index < -0.39 is 11.5 Å². The third-order valence-electron chi connectivity index (χ3n) is 12.6. The Morgan fingerprint density at radius 3 is 2.49 bits per heavy atom. The minimum atomic E-state index is -0.749. The molecule has 4 atom stereocenters. The standard InChI is InChI=1S/C42H49N15O2/c1-25(17-43)49-33-16-37(57-40-31(19-48-57)15-30(18-44)39(45)51-40)47-21-35(33)56-24-34(52-53-56)29-7-5-28(6-8-29)12-14-55-26(2)22-54(23-27(55)3)36-10-9-32(20-46-36)42(4)13-11-38(58)50-41(42)59/h9-10,15-16,19-21,24-29H,5-8,11-14,22-23H2,1-4H3,(H2,45,51)(H,47,49)(H,50,58,59)/t25-,26-,27-,28?,29?,42-/m1/s1. The largest absolute Gasteiger partial charge is 0.383 e. The monoisotopic (exact) mass is 795 g/mol. The Morgan fingerprint density at radius 1 is 1.03 bits per heavy atom. The highest BCUT2D eigenvalue weighted by Crippen LogP contribution is 2.38. The topological polar surface area (TPSA) is 225 Å². The van der Waals surface area contributed by atoms with Gasteiger partial charge in [-0.2, -0.15) is 20.3 Å². The van der Waals surface area contributed by atoms with Gasteiger partial charge in [0.2, 0.25) is 11.8 Å². The third-order valence-corrected chi connectivity index (χ3v) is 12.6. The van der Waals surface area contributed by atoms with E-state index in [1.54, 1.807) is 47.0 Å². The Morgan fingerprint density at radius 2 is 1.80 bits per heavy atom. The number of nitrogens with two attached hydrogens (primary N) is 1. The summed E-state index contributed by atoms with van der Waals surface area (Å²) in [6, 6.07) is 12.0. The fourth-order valence-corrected chi connectivity index (χ4v) is 8.97. The molecule has 0 aromatic carbocycles. The van der Waals surface area contributed by atoms with Gasteiger partial charge in [0.25, 0.3) is 0 Å².